The zero-order valence-electron chi connectivity index (χ0n) is 4.36. The van der Waals surface area contributed by atoms with Gasteiger partial charge in [0, 0.05) is 15.4 Å². The van der Waals surface area contributed by atoms with Crippen LogP contribution >= 0.6 is 0 Å². The number of rotatable bonds is 2. The van der Waals surface area contributed by atoms with Crippen LogP contribution in [-0.2, 0) is 0 Å². The molecule has 0 aromatic rings. The highest BCUT2D eigenvalue weighted by atomic mass is 28.3. The predicted molar refractivity (Wildman–Crippen MR) is 29.4 cm³/mol. The summed E-state index contributed by atoms with van der Waals surface area (Å²) in [5.41, 5.74) is 0. The highest BCUT2D eigenvalue weighted by Gasteiger charge is 1.89. The van der Waals surface area contributed by atoms with Crippen LogP contribution in [0.15, 0.2) is 0 Å². The molecule has 0 aliphatic carbocycles. The van der Waals surface area contributed by atoms with E-state index in [4.69, 9.17) is 5.11 Å². The van der Waals surface area contributed by atoms with E-state index in [1.807, 2.05) is 0 Å². The lowest BCUT2D eigenvalue weighted by molar-refractivity contribution is 0.317. The molecular formula is C4H11OSi. The summed E-state index contributed by atoms with van der Waals surface area (Å²) in [6.07, 6.45) is 0. The van der Waals surface area contributed by atoms with Crippen LogP contribution in [0, 0.1) is 0 Å². The smallest absolute Gasteiger partial charge is 0.0437 e. The van der Waals surface area contributed by atoms with Gasteiger partial charge in [-0.05, 0) is 6.04 Å². The lowest BCUT2D eigenvalue weighted by Gasteiger charge is -1.92. The first-order valence-electron chi connectivity index (χ1n) is 2.17. The molecule has 1 N–H and O–H groups in total. The van der Waals surface area contributed by atoms with Gasteiger partial charge in [0.15, 0.2) is 0 Å². The molecule has 0 bridgehead atoms. The molecule has 0 unspecified atom stereocenters. The highest BCUT2D eigenvalue weighted by molar-refractivity contribution is 6.55. The Morgan fingerprint density at radius 2 is 2.00 bits per heavy atom. The van der Waals surface area contributed by atoms with E-state index in [-0.39, 0.29) is 8.80 Å². The first-order valence-corrected chi connectivity index (χ1v) is 4.88. The second kappa shape index (κ2) is 3.37. The zero-order chi connectivity index (χ0) is 4.99. The first-order chi connectivity index (χ1) is 2.77. The molecule has 2 heteroatoms. The molecule has 37 valence electrons. The molecule has 0 fully saturated rings. The minimum absolute atomic E-state index is 0.136. The van der Waals surface area contributed by atoms with Gasteiger partial charge >= 0.3 is 0 Å². The van der Waals surface area contributed by atoms with Gasteiger partial charge in [0.2, 0.25) is 0 Å². The van der Waals surface area contributed by atoms with Gasteiger partial charge in [0.05, 0.1) is 0 Å². The molecule has 0 aromatic heterocycles. The molecule has 0 aliphatic heterocycles. The molecule has 0 heterocycles. The van der Waals surface area contributed by atoms with Gasteiger partial charge in [-0.2, -0.15) is 0 Å². The van der Waals surface area contributed by atoms with Crippen LogP contribution in [0.4, 0.5) is 0 Å². The maximum atomic E-state index is 8.26. The standard InChI is InChI=1S/C4H11OSi/c1-6(2)4-3-5/h5H,3-4H2,1-2H3. The van der Waals surface area contributed by atoms with Crippen LogP contribution in [0.5, 0.6) is 0 Å². The van der Waals surface area contributed by atoms with Crippen molar-refractivity contribution in [2.45, 2.75) is 19.1 Å². The lowest BCUT2D eigenvalue weighted by Crippen LogP contribution is -2.00. The van der Waals surface area contributed by atoms with Crippen molar-refractivity contribution < 1.29 is 5.11 Å². The fourth-order valence-electron chi connectivity index (χ4n) is 0.224. The number of aliphatic hydroxyl groups is 1. The molecular weight excluding hydrogens is 92.1 g/mol. The van der Waals surface area contributed by atoms with Crippen molar-refractivity contribution in [3.05, 3.63) is 0 Å². The van der Waals surface area contributed by atoms with Crippen LogP contribution < -0.4 is 0 Å². The van der Waals surface area contributed by atoms with E-state index in [0.29, 0.717) is 6.61 Å². The Hall–Kier alpha value is 0.177. The summed E-state index contributed by atoms with van der Waals surface area (Å²) in [5.74, 6) is 0. The van der Waals surface area contributed by atoms with Gasteiger partial charge < -0.3 is 5.11 Å². The Kier molecular flexibility index (Phi) is 3.47. The quantitative estimate of drug-likeness (QED) is 0.511. The second-order valence-electron chi connectivity index (χ2n) is 1.68. The summed E-state index contributed by atoms with van der Waals surface area (Å²) >= 11 is 0. The predicted octanol–water partition coefficient (Wildman–Crippen LogP) is 0.733. The molecule has 1 nitrogen and oxygen atoms in total. The van der Waals surface area contributed by atoms with Crippen molar-refractivity contribution in [1.29, 1.82) is 0 Å². The third-order valence-corrected chi connectivity index (χ3v) is 1.84. The van der Waals surface area contributed by atoms with E-state index >= 15 is 0 Å². The van der Waals surface area contributed by atoms with Gasteiger partial charge in [0.25, 0.3) is 0 Å². The average Bonchev–Trinajstić information content (AvgIpc) is 1.35. The minimum Gasteiger partial charge on any atom is -0.397 e. The third-order valence-electron chi connectivity index (χ3n) is 0.612. The van der Waals surface area contributed by atoms with Crippen molar-refractivity contribution >= 4 is 8.80 Å². The molecule has 0 amide bonds. The SMILES string of the molecule is C[Si](C)CCO. The van der Waals surface area contributed by atoms with E-state index in [2.05, 4.69) is 13.1 Å². The van der Waals surface area contributed by atoms with Gasteiger partial charge in [-0.3, -0.25) is 0 Å². The van der Waals surface area contributed by atoms with E-state index in [9.17, 15) is 0 Å². The monoisotopic (exact) mass is 103 g/mol. The molecule has 0 atom stereocenters. The molecule has 0 saturated carbocycles. The van der Waals surface area contributed by atoms with Crippen molar-refractivity contribution in [1.82, 2.24) is 0 Å². The molecule has 6 heavy (non-hydrogen) atoms. The molecule has 0 saturated heterocycles. The van der Waals surface area contributed by atoms with Crippen molar-refractivity contribution in [3.63, 3.8) is 0 Å². The zero-order valence-corrected chi connectivity index (χ0v) is 5.36. The molecule has 0 aliphatic rings. The molecule has 0 aromatic carbocycles. The van der Waals surface area contributed by atoms with Crippen LogP contribution in [-0.4, -0.2) is 20.5 Å². The maximum Gasteiger partial charge on any atom is 0.0437 e. The Morgan fingerprint density at radius 3 is 2.00 bits per heavy atom. The van der Waals surface area contributed by atoms with E-state index < -0.39 is 0 Å². The van der Waals surface area contributed by atoms with Crippen LogP contribution in [0.25, 0.3) is 0 Å². The Balaban J connectivity index is 2.63. The highest BCUT2D eigenvalue weighted by Crippen LogP contribution is 1.85. The molecule has 0 rings (SSSR count). The van der Waals surface area contributed by atoms with Crippen molar-refractivity contribution in [3.8, 4) is 0 Å². The fourth-order valence-corrected chi connectivity index (χ4v) is 0.671. The summed E-state index contributed by atoms with van der Waals surface area (Å²) in [4.78, 5) is 0. The van der Waals surface area contributed by atoms with Gasteiger partial charge in [0.1, 0.15) is 0 Å². The molecule has 0 spiro atoms. The summed E-state index contributed by atoms with van der Waals surface area (Å²) in [6, 6.07) is 1.03. The van der Waals surface area contributed by atoms with E-state index in [0.717, 1.165) is 6.04 Å². The Labute approximate surface area is 40.6 Å². The van der Waals surface area contributed by atoms with Gasteiger partial charge in [-0.15, -0.1) is 0 Å². The summed E-state index contributed by atoms with van der Waals surface area (Å²) in [5, 5.41) is 8.26. The van der Waals surface area contributed by atoms with Crippen LogP contribution in [0.1, 0.15) is 0 Å². The second-order valence-corrected chi connectivity index (χ2v) is 4.59. The van der Waals surface area contributed by atoms with Crippen molar-refractivity contribution in [2.24, 2.45) is 0 Å². The van der Waals surface area contributed by atoms with E-state index in [1.54, 1.807) is 0 Å². The summed E-state index contributed by atoms with van der Waals surface area (Å²) < 4.78 is 0. The first kappa shape index (κ1) is 6.18. The minimum atomic E-state index is -0.136. The number of aliphatic hydroxyl groups excluding tert-OH is 1. The van der Waals surface area contributed by atoms with Gasteiger partial charge in [-0.25, -0.2) is 0 Å². The lowest BCUT2D eigenvalue weighted by atomic mass is 10.9. The largest absolute Gasteiger partial charge is 0.397 e. The topological polar surface area (TPSA) is 20.2 Å². The van der Waals surface area contributed by atoms with Crippen molar-refractivity contribution in [2.75, 3.05) is 6.61 Å². The van der Waals surface area contributed by atoms with Gasteiger partial charge in [-0.1, -0.05) is 13.1 Å². The summed E-state index contributed by atoms with van der Waals surface area (Å²) in [6.45, 7) is 4.77. The number of hydrogen-bond donors (Lipinski definition) is 1. The Bertz CT molecular complexity index is 28.7. The average molecular weight is 103 g/mol. The Morgan fingerprint density at radius 1 is 1.50 bits per heavy atom. The van der Waals surface area contributed by atoms with Crippen LogP contribution in [0.2, 0.25) is 19.1 Å². The molecule has 1 radical (unpaired) electrons. The normalized spacial score (nSPS) is 10.0. The summed E-state index contributed by atoms with van der Waals surface area (Å²) in [7, 11) is -0.136. The fraction of sp³-hybridized carbons (Fsp3) is 1.00. The van der Waals surface area contributed by atoms with E-state index in [1.165, 1.54) is 0 Å². The maximum absolute atomic E-state index is 8.26. The number of hydrogen-bond acceptors (Lipinski definition) is 1. The van der Waals surface area contributed by atoms with Crippen LogP contribution in [0.3, 0.4) is 0 Å². The third kappa shape index (κ3) is 4.18.